The van der Waals surface area contributed by atoms with Crippen LogP contribution in [-0.4, -0.2) is 59.9 Å². The minimum absolute atomic E-state index is 0.171. The molecule has 1 heterocycles. The van der Waals surface area contributed by atoms with Crippen molar-refractivity contribution in [2.45, 2.75) is 12.6 Å². The van der Waals surface area contributed by atoms with Crippen LogP contribution >= 0.6 is 0 Å². The molecule has 1 fully saturated rings. The number of hydrogen-bond acceptors (Lipinski definition) is 7. The monoisotopic (exact) mass is 481 g/mol. The highest BCUT2D eigenvalue weighted by atomic mass is 19.4. The molecule has 0 bridgehead atoms. The van der Waals surface area contributed by atoms with Crippen molar-refractivity contribution in [1.29, 1.82) is 0 Å². The van der Waals surface area contributed by atoms with Gasteiger partial charge in [0.05, 0.1) is 27.0 Å². The summed E-state index contributed by atoms with van der Waals surface area (Å²) < 4.78 is 38.8. The van der Waals surface area contributed by atoms with Crippen LogP contribution in [0.4, 0.5) is 30.2 Å². The summed E-state index contributed by atoms with van der Waals surface area (Å²) in [5.74, 6) is -0.652. The summed E-state index contributed by atoms with van der Waals surface area (Å²) >= 11 is 0. The Morgan fingerprint density at radius 2 is 1.59 bits per heavy atom. The molecule has 0 aromatic heterocycles. The van der Waals surface area contributed by atoms with E-state index in [9.17, 15) is 38.2 Å². The van der Waals surface area contributed by atoms with Crippen LogP contribution in [0.1, 0.15) is 22.3 Å². The van der Waals surface area contributed by atoms with Crippen molar-refractivity contribution >= 4 is 23.0 Å². The van der Waals surface area contributed by atoms with Crippen molar-refractivity contribution < 1.29 is 27.8 Å². The van der Waals surface area contributed by atoms with Gasteiger partial charge in [0.1, 0.15) is 0 Å². The maximum atomic E-state index is 12.9. The number of non-ortho nitro benzene ring substituents is 2. The van der Waals surface area contributed by atoms with Crippen LogP contribution in [0.25, 0.3) is 0 Å². The van der Waals surface area contributed by atoms with Gasteiger partial charge in [0.15, 0.2) is 0 Å². The number of nitro groups is 2. The molecule has 1 amide bonds. The number of rotatable bonds is 8. The molecule has 1 N–H and O–H groups in total. The maximum Gasteiger partial charge on any atom is 0.416 e. The fourth-order valence-corrected chi connectivity index (χ4v) is 3.65. The summed E-state index contributed by atoms with van der Waals surface area (Å²) in [6.07, 6.45) is -3.83. The molecular weight excluding hydrogens is 459 g/mol. The van der Waals surface area contributed by atoms with Crippen LogP contribution in [0.15, 0.2) is 42.5 Å². The summed E-state index contributed by atoms with van der Waals surface area (Å²) in [4.78, 5) is 36.6. The molecule has 0 radical (unpaired) electrons. The van der Waals surface area contributed by atoms with E-state index in [0.717, 1.165) is 30.3 Å². The van der Waals surface area contributed by atoms with Gasteiger partial charge in [0.25, 0.3) is 17.3 Å². The molecule has 0 spiro atoms. The van der Waals surface area contributed by atoms with Gasteiger partial charge in [0.2, 0.25) is 0 Å². The average Bonchev–Trinajstić information content (AvgIpc) is 2.81. The molecule has 34 heavy (non-hydrogen) atoms. The highest BCUT2D eigenvalue weighted by Crippen LogP contribution is 2.32. The van der Waals surface area contributed by atoms with Crippen LogP contribution in [0, 0.1) is 20.2 Å². The van der Waals surface area contributed by atoms with E-state index in [1.54, 1.807) is 6.07 Å². The molecule has 13 heteroatoms. The van der Waals surface area contributed by atoms with Crippen molar-refractivity contribution in [3.63, 3.8) is 0 Å². The number of benzene rings is 2. The number of halogens is 3. The number of amides is 1. The number of nitro benzene ring substituents is 2. The molecule has 1 saturated heterocycles. The number of nitrogens with zero attached hydrogens (tertiary/aromatic N) is 4. The first-order chi connectivity index (χ1) is 16.0. The first-order valence-corrected chi connectivity index (χ1v) is 10.4. The summed E-state index contributed by atoms with van der Waals surface area (Å²) in [5, 5.41) is 24.5. The molecule has 182 valence electrons. The Morgan fingerprint density at radius 3 is 2.15 bits per heavy atom. The predicted molar refractivity (Wildman–Crippen MR) is 117 cm³/mol. The van der Waals surface area contributed by atoms with E-state index in [1.807, 2.05) is 4.90 Å². The second kappa shape index (κ2) is 10.5. The summed E-state index contributed by atoms with van der Waals surface area (Å²) in [6.45, 7) is 3.29. The minimum Gasteiger partial charge on any atom is -0.369 e. The van der Waals surface area contributed by atoms with Crippen LogP contribution in [-0.2, 0) is 6.18 Å². The number of anilines is 1. The number of carbonyl (C=O) groups excluding carboxylic acids is 1. The minimum atomic E-state index is -4.39. The lowest BCUT2D eigenvalue weighted by Crippen LogP contribution is -2.47. The Kier molecular flexibility index (Phi) is 7.66. The predicted octanol–water partition coefficient (Wildman–Crippen LogP) is 3.46. The second-order valence-corrected chi connectivity index (χ2v) is 7.74. The third-order valence-electron chi connectivity index (χ3n) is 5.43. The van der Waals surface area contributed by atoms with Crippen LogP contribution in [0.5, 0.6) is 0 Å². The standard InChI is InChI=1S/C21H22F3N5O5/c22-21(23,24)16-3-1-4-17(13-16)27-9-7-26(8-10-27)6-2-5-25-20(30)15-11-18(28(31)32)14-19(12-15)29(33)34/h1,3-4,11-14H,2,5-10H2,(H,25,30). The second-order valence-electron chi connectivity index (χ2n) is 7.74. The smallest absolute Gasteiger partial charge is 0.369 e. The molecule has 0 unspecified atom stereocenters. The quantitative estimate of drug-likeness (QED) is 0.348. The Bertz CT molecular complexity index is 1040. The number of piperazine rings is 1. The highest BCUT2D eigenvalue weighted by Gasteiger charge is 2.31. The number of nitrogens with one attached hydrogen (secondary N) is 1. The fourth-order valence-electron chi connectivity index (χ4n) is 3.65. The van der Waals surface area contributed by atoms with Gasteiger partial charge in [-0.3, -0.25) is 29.9 Å². The van der Waals surface area contributed by atoms with Gasteiger partial charge < -0.3 is 10.2 Å². The third kappa shape index (κ3) is 6.41. The molecule has 1 aliphatic rings. The molecule has 2 aromatic carbocycles. The fraction of sp³-hybridized carbons (Fsp3) is 0.381. The van der Waals surface area contributed by atoms with Gasteiger partial charge in [0, 0.05) is 50.5 Å². The SMILES string of the molecule is O=C(NCCCN1CCN(c2cccc(C(F)(F)F)c2)CC1)c1cc([N+](=O)[O-])cc([N+](=O)[O-])c1. The van der Waals surface area contributed by atoms with Gasteiger partial charge in [-0.05, 0) is 31.2 Å². The maximum absolute atomic E-state index is 12.9. The normalized spacial score (nSPS) is 14.6. The molecule has 1 aliphatic heterocycles. The molecule has 3 rings (SSSR count). The lowest BCUT2D eigenvalue weighted by molar-refractivity contribution is -0.394. The number of carbonyl (C=O) groups is 1. The third-order valence-corrected chi connectivity index (χ3v) is 5.43. The zero-order valence-corrected chi connectivity index (χ0v) is 18.0. The van der Waals surface area contributed by atoms with E-state index in [-0.39, 0.29) is 12.1 Å². The van der Waals surface area contributed by atoms with E-state index in [1.165, 1.54) is 6.07 Å². The van der Waals surface area contributed by atoms with E-state index >= 15 is 0 Å². The van der Waals surface area contributed by atoms with Gasteiger partial charge in [-0.1, -0.05) is 6.07 Å². The summed E-state index contributed by atoms with van der Waals surface area (Å²) in [7, 11) is 0. The van der Waals surface area contributed by atoms with E-state index < -0.39 is 38.9 Å². The Labute approximate surface area is 192 Å². The number of hydrogen-bond donors (Lipinski definition) is 1. The van der Waals surface area contributed by atoms with Crippen molar-refractivity contribution in [3.8, 4) is 0 Å². The molecule has 0 aliphatic carbocycles. The van der Waals surface area contributed by atoms with E-state index in [4.69, 9.17) is 0 Å². The van der Waals surface area contributed by atoms with E-state index in [2.05, 4.69) is 10.2 Å². The molecular formula is C21H22F3N5O5. The van der Waals surface area contributed by atoms with Crippen LogP contribution < -0.4 is 10.2 Å². The Hall–Kier alpha value is -3.74. The summed E-state index contributed by atoms with van der Waals surface area (Å²) in [5.41, 5.74) is -1.42. The van der Waals surface area contributed by atoms with Crippen molar-refractivity contribution in [2.24, 2.45) is 0 Å². The largest absolute Gasteiger partial charge is 0.416 e. The van der Waals surface area contributed by atoms with Crippen molar-refractivity contribution in [3.05, 3.63) is 73.8 Å². The van der Waals surface area contributed by atoms with Crippen molar-refractivity contribution in [1.82, 2.24) is 10.2 Å². The van der Waals surface area contributed by atoms with E-state index in [0.29, 0.717) is 44.8 Å². The van der Waals surface area contributed by atoms with Gasteiger partial charge in [-0.25, -0.2) is 0 Å². The number of alkyl halides is 3. The highest BCUT2D eigenvalue weighted by molar-refractivity contribution is 5.95. The summed E-state index contributed by atoms with van der Waals surface area (Å²) in [6, 6.07) is 7.98. The Balaban J connectivity index is 1.46. The molecule has 10 nitrogen and oxygen atoms in total. The molecule has 0 atom stereocenters. The average molecular weight is 481 g/mol. The van der Waals surface area contributed by atoms with Crippen LogP contribution in [0.3, 0.4) is 0 Å². The topological polar surface area (TPSA) is 122 Å². The Morgan fingerprint density at radius 1 is 0.971 bits per heavy atom. The van der Waals surface area contributed by atoms with Gasteiger partial charge >= 0.3 is 6.18 Å². The zero-order valence-electron chi connectivity index (χ0n) is 18.0. The lowest BCUT2D eigenvalue weighted by Gasteiger charge is -2.36. The van der Waals surface area contributed by atoms with Crippen LogP contribution in [0.2, 0.25) is 0 Å². The lowest BCUT2D eigenvalue weighted by atomic mass is 10.1. The van der Waals surface area contributed by atoms with Gasteiger partial charge in [-0.2, -0.15) is 13.2 Å². The zero-order chi connectivity index (χ0) is 24.9. The van der Waals surface area contributed by atoms with Crippen molar-refractivity contribution in [2.75, 3.05) is 44.2 Å². The first kappa shape index (κ1) is 24.9. The first-order valence-electron chi connectivity index (χ1n) is 10.4. The molecule has 2 aromatic rings. The van der Waals surface area contributed by atoms with Gasteiger partial charge in [-0.15, -0.1) is 0 Å². The molecule has 0 saturated carbocycles.